The third-order valence-corrected chi connectivity index (χ3v) is 2.31. The van der Waals surface area contributed by atoms with Gasteiger partial charge in [-0.15, -0.1) is 0 Å². The molecule has 2 rings (SSSR count). The fourth-order valence-electron chi connectivity index (χ4n) is 1.30. The lowest BCUT2D eigenvalue weighted by molar-refractivity contribution is 0.298. The zero-order chi connectivity index (χ0) is 10.7. The standard InChI is InChI=1S/C11H10ClNO2/c12-10-9(6-7-14)13-11(15-10)8-4-2-1-3-5-8/h1-5,14H,6-7H2. The summed E-state index contributed by atoms with van der Waals surface area (Å²) in [6.45, 7) is 0.0144. The van der Waals surface area contributed by atoms with Gasteiger partial charge in [0.05, 0.1) is 0 Å². The highest BCUT2D eigenvalue weighted by Gasteiger charge is 2.11. The van der Waals surface area contributed by atoms with Crippen molar-refractivity contribution in [2.75, 3.05) is 6.61 Å². The average molecular weight is 224 g/mol. The monoisotopic (exact) mass is 223 g/mol. The molecule has 0 amide bonds. The topological polar surface area (TPSA) is 46.3 Å². The summed E-state index contributed by atoms with van der Waals surface area (Å²) in [4.78, 5) is 4.21. The second kappa shape index (κ2) is 4.47. The summed E-state index contributed by atoms with van der Waals surface area (Å²) in [5, 5.41) is 9.04. The number of hydrogen-bond acceptors (Lipinski definition) is 3. The Morgan fingerprint density at radius 1 is 1.27 bits per heavy atom. The number of nitrogens with zero attached hydrogens (tertiary/aromatic N) is 1. The maximum Gasteiger partial charge on any atom is 0.228 e. The molecule has 3 nitrogen and oxygen atoms in total. The van der Waals surface area contributed by atoms with Crippen LogP contribution in [0.15, 0.2) is 34.7 Å². The Kier molecular flexibility index (Phi) is 3.04. The highest BCUT2D eigenvalue weighted by Crippen LogP contribution is 2.25. The molecule has 2 aromatic rings. The third kappa shape index (κ3) is 2.19. The molecule has 0 fully saturated rings. The summed E-state index contributed by atoms with van der Waals surface area (Å²) < 4.78 is 5.30. The Morgan fingerprint density at radius 3 is 2.67 bits per heavy atom. The lowest BCUT2D eigenvalue weighted by atomic mass is 10.2. The predicted molar refractivity (Wildman–Crippen MR) is 57.7 cm³/mol. The van der Waals surface area contributed by atoms with Gasteiger partial charge in [0.25, 0.3) is 0 Å². The highest BCUT2D eigenvalue weighted by atomic mass is 35.5. The number of hydrogen-bond donors (Lipinski definition) is 1. The molecule has 0 bridgehead atoms. The Balaban J connectivity index is 2.34. The fourth-order valence-corrected chi connectivity index (χ4v) is 1.51. The Morgan fingerprint density at radius 2 is 2.00 bits per heavy atom. The molecule has 0 aliphatic carbocycles. The van der Waals surface area contributed by atoms with Crippen molar-refractivity contribution in [1.29, 1.82) is 0 Å². The van der Waals surface area contributed by atoms with Gasteiger partial charge >= 0.3 is 0 Å². The van der Waals surface area contributed by atoms with Crippen LogP contribution in [0.25, 0.3) is 11.5 Å². The minimum Gasteiger partial charge on any atom is -0.424 e. The average Bonchev–Trinajstić information content (AvgIpc) is 2.63. The van der Waals surface area contributed by atoms with Crippen LogP contribution >= 0.6 is 11.6 Å². The van der Waals surface area contributed by atoms with Crippen molar-refractivity contribution in [2.45, 2.75) is 6.42 Å². The molecule has 1 heterocycles. The van der Waals surface area contributed by atoms with Crippen LogP contribution in [0.5, 0.6) is 0 Å². The van der Waals surface area contributed by atoms with Crippen molar-refractivity contribution < 1.29 is 9.52 Å². The van der Waals surface area contributed by atoms with Crippen LogP contribution in [0.2, 0.25) is 5.22 Å². The van der Waals surface area contributed by atoms with E-state index >= 15 is 0 Å². The van der Waals surface area contributed by atoms with Crippen LogP contribution in [-0.2, 0) is 6.42 Å². The number of halogens is 1. The molecular weight excluding hydrogens is 214 g/mol. The quantitative estimate of drug-likeness (QED) is 0.870. The first kappa shape index (κ1) is 10.2. The molecular formula is C11H10ClNO2. The molecule has 1 N–H and O–H groups in total. The lowest BCUT2D eigenvalue weighted by Gasteiger charge is -1.91. The molecule has 0 saturated heterocycles. The van der Waals surface area contributed by atoms with E-state index in [0.717, 1.165) is 5.56 Å². The predicted octanol–water partition coefficient (Wildman–Crippen LogP) is 2.53. The largest absolute Gasteiger partial charge is 0.424 e. The summed E-state index contributed by atoms with van der Waals surface area (Å²) in [5.74, 6) is 0.490. The van der Waals surface area contributed by atoms with E-state index in [9.17, 15) is 0 Å². The van der Waals surface area contributed by atoms with Gasteiger partial charge in [-0.25, -0.2) is 4.98 Å². The number of aromatic nitrogens is 1. The number of aliphatic hydroxyl groups excluding tert-OH is 1. The van der Waals surface area contributed by atoms with E-state index < -0.39 is 0 Å². The van der Waals surface area contributed by atoms with E-state index in [-0.39, 0.29) is 11.8 Å². The smallest absolute Gasteiger partial charge is 0.228 e. The summed E-state index contributed by atoms with van der Waals surface area (Å²) >= 11 is 5.83. The molecule has 0 unspecified atom stereocenters. The van der Waals surface area contributed by atoms with Gasteiger partial charge in [-0.05, 0) is 23.7 Å². The number of oxazole rings is 1. The van der Waals surface area contributed by atoms with Gasteiger partial charge in [-0.2, -0.15) is 0 Å². The highest BCUT2D eigenvalue weighted by molar-refractivity contribution is 6.29. The first-order valence-electron chi connectivity index (χ1n) is 4.62. The van der Waals surface area contributed by atoms with Crippen LogP contribution in [-0.4, -0.2) is 16.7 Å². The SMILES string of the molecule is OCCc1nc(-c2ccccc2)oc1Cl. The first-order chi connectivity index (χ1) is 7.31. The maximum absolute atomic E-state index is 8.78. The molecule has 0 radical (unpaired) electrons. The zero-order valence-electron chi connectivity index (χ0n) is 7.98. The second-order valence-electron chi connectivity index (χ2n) is 3.08. The van der Waals surface area contributed by atoms with E-state index in [1.54, 1.807) is 0 Å². The van der Waals surface area contributed by atoms with Gasteiger partial charge in [0.1, 0.15) is 5.69 Å². The number of benzene rings is 1. The second-order valence-corrected chi connectivity index (χ2v) is 3.42. The molecule has 15 heavy (non-hydrogen) atoms. The molecule has 78 valence electrons. The number of aliphatic hydroxyl groups is 1. The summed E-state index contributed by atoms with van der Waals surface area (Å²) in [6.07, 6.45) is 0.412. The van der Waals surface area contributed by atoms with Crippen molar-refractivity contribution in [3.05, 3.63) is 41.2 Å². The van der Waals surface area contributed by atoms with E-state index in [1.165, 1.54) is 0 Å². The van der Waals surface area contributed by atoms with Crippen LogP contribution in [0.4, 0.5) is 0 Å². The van der Waals surface area contributed by atoms with Gasteiger partial charge < -0.3 is 9.52 Å². The molecule has 0 aliphatic rings. The van der Waals surface area contributed by atoms with Gasteiger partial charge in [0, 0.05) is 18.6 Å². The van der Waals surface area contributed by atoms with Crippen LogP contribution < -0.4 is 0 Å². The fraction of sp³-hybridized carbons (Fsp3) is 0.182. The molecule has 4 heteroatoms. The van der Waals surface area contributed by atoms with Crippen molar-refractivity contribution in [3.63, 3.8) is 0 Å². The molecule has 1 aromatic heterocycles. The van der Waals surface area contributed by atoms with Crippen molar-refractivity contribution in [1.82, 2.24) is 4.98 Å². The van der Waals surface area contributed by atoms with Crippen LogP contribution in [0.1, 0.15) is 5.69 Å². The minimum atomic E-state index is 0.0144. The molecule has 1 aromatic carbocycles. The van der Waals surface area contributed by atoms with Crippen molar-refractivity contribution in [3.8, 4) is 11.5 Å². The van der Waals surface area contributed by atoms with Crippen molar-refractivity contribution >= 4 is 11.6 Å². The van der Waals surface area contributed by atoms with Crippen LogP contribution in [0, 0.1) is 0 Å². The Hall–Kier alpha value is -1.32. The summed E-state index contributed by atoms with van der Waals surface area (Å²) in [6, 6.07) is 9.51. The molecule has 0 atom stereocenters. The van der Waals surface area contributed by atoms with Gasteiger partial charge in [0.2, 0.25) is 11.1 Å². The maximum atomic E-state index is 8.78. The molecule has 0 spiro atoms. The van der Waals surface area contributed by atoms with E-state index in [2.05, 4.69) is 4.98 Å². The normalized spacial score (nSPS) is 10.5. The van der Waals surface area contributed by atoms with Gasteiger partial charge in [-0.3, -0.25) is 0 Å². The van der Waals surface area contributed by atoms with Gasteiger partial charge in [-0.1, -0.05) is 18.2 Å². The van der Waals surface area contributed by atoms with E-state index in [4.69, 9.17) is 21.1 Å². The molecule has 0 aliphatic heterocycles. The first-order valence-corrected chi connectivity index (χ1v) is 5.00. The lowest BCUT2D eigenvalue weighted by Crippen LogP contribution is -1.91. The summed E-state index contributed by atoms with van der Waals surface area (Å²) in [7, 11) is 0. The van der Waals surface area contributed by atoms with Crippen molar-refractivity contribution in [2.24, 2.45) is 0 Å². The minimum absolute atomic E-state index is 0.0144. The Labute approximate surface area is 92.3 Å². The number of rotatable bonds is 3. The summed E-state index contributed by atoms with van der Waals surface area (Å²) in [5.41, 5.74) is 1.47. The third-order valence-electron chi connectivity index (χ3n) is 2.02. The van der Waals surface area contributed by atoms with Gasteiger partial charge in [0.15, 0.2) is 0 Å². The van der Waals surface area contributed by atoms with E-state index in [0.29, 0.717) is 18.0 Å². The molecule has 0 saturated carbocycles. The zero-order valence-corrected chi connectivity index (χ0v) is 8.74. The Bertz CT molecular complexity index is 439. The van der Waals surface area contributed by atoms with E-state index in [1.807, 2.05) is 30.3 Å². The van der Waals surface area contributed by atoms with Crippen LogP contribution in [0.3, 0.4) is 0 Å².